The smallest absolute Gasteiger partial charge is 0.337 e. The average Bonchev–Trinajstić information content (AvgIpc) is 2.42. The Bertz CT molecular complexity index is 523. The Morgan fingerprint density at radius 2 is 2.29 bits per heavy atom. The second-order valence-corrected chi connectivity index (χ2v) is 4.99. The van der Waals surface area contributed by atoms with Crippen LogP contribution in [0.1, 0.15) is 10.4 Å². The van der Waals surface area contributed by atoms with E-state index in [-0.39, 0.29) is 11.3 Å². The molecule has 0 unspecified atom stereocenters. The van der Waals surface area contributed by atoms with Gasteiger partial charge < -0.3 is 10.8 Å². The standard InChI is InChI=1S/C8H5BrN2O2S/c9-8-11-5-1-3(7(12)13)4(10)2-6(5)14-8/h1-2H,10H2,(H,12,13). The number of nitrogens with zero attached hydrogens (tertiary/aromatic N) is 1. The molecule has 0 saturated carbocycles. The molecule has 0 spiro atoms. The molecule has 0 aliphatic carbocycles. The number of halogens is 1. The maximum Gasteiger partial charge on any atom is 0.337 e. The number of carboxylic acid groups (broad SMARTS) is 1. The fourth-order valence-electron chi connectivity index (χ4n) is 1.15. The molecule has 1 aromatic heterocycles. The van der Waals surface area contributed by atoms with E-state index in [1.54, 1.807) is 6.07 Å². The Labute approximate surface area is 91.5 Å². The highest BCUT2D eigenvalue weighted by molar-refractivity contribution is 9.11. The topological polar surface area (TPSA) is 76.2 Å². The Morgan fingerprint density at radius 3 is 2.93 bits per heavy atom. The first kappa shape index (κ1) is 9.42. The van der Waals surface area contributed by atoms with Crippen molar-refractivity contribution in [3.05, 3.63) is 21.6 Å². The van der Waals surface area contributed by atoms with Crippen molar-refractivity contribution in [1.29, 1.82) is 0 Å². The van der Waals surface area contributed by atoms with Crippen LogP contribution in [0.3, 0.4) is 0 Å². The van der Waals surface area contributed by atoms with Gasteiger partial charge >= 0.3 is 5.97 Å². The fourth-order valence-corrected chi connectivity index (χ4v) is 2.58. The number of nitrogen functional groups attached to an aromatic ring is 1. The highest BCUT2D eigenvalue weighted by Gasteiger charge is 2.11. The van der Waals surface area contributed by atoms with E-state index in [2.05, 4.69) is 20.9 Å². The molecule has 0 radical (unpaired) electrons. The molecule has 2 aromatic rings. The highest BCUT2D eigenvalue weighted by Crippen LogP contribution is 2.29. The SMILES string of the molecule is Nc1cc2sc(Br)nc2cc1C(=O)O. The van der Waals surface area contributed by atoms with Crippen molar-refractivity contribution in [3.8, 4) is 0 Å². The molecule has 0 aliphatic heterocycles. The summed E-state index contributed by atoms with van der Waals surface area (Å²) < 4.78 is 1.59. The summed E-state index contributed by atoms with van der Waals surface area (Å²) in [6.07, 6.45) is 0. The molecule has 4 nitrogen and oxygen atoms in total. The second-order valence-electron chi connectivity index (χ2n) is 2.68. The van der Waals surface area contributed by atoms with E-state index < -0.39 is 5.97 Å². The zero-order valence-corrected chi connectivity index (χ0v) is 9.22. The van der Waals surface area contributed by atoms with E-state index in [4.69, 9.17) is 10.8 Å². The number of hydrogen-bond acceptors (Lipinski definition) is 4. The van der Waals surface area contributed by atoms with Gasteiger partial charge in [0.15, 0.2) is 3.92 Å². The molecule has 1 heterocycles. The molecule has 0 amide bonds. The van der Waals surface area contributed by atoms with E-state index in [0.717, 1.165) is 8.62 Å². The number of fused-ring (bicyclic) bond motifs is 1. The number of benzene rings is 1. The number of nitrogens with two attached hydrogens (primary N) is 1. The van der Waals surface area contributed by atoms with Crippen molar-refractivity contribution in [2.75, 3.05) is 5.73 Å². The van der Waals surface area contributed by atoms with Gasteiger partial charge in [-0.2, -0.15) is 0 Å². The van der Waals surface area contributed by atoms with Crippen molar-refractivity contribution in [2.24, 2.45) is 0 Å². The number of thiazole rings is 1. The molecule has 6 heteroatoms. The van der Waals surface area contributed by atoms with Crippen LogP contribution >= 0.6 is 27.3 Å². The maximum absolute atomic E-state index is 10.8. The van der Waals surface area contributed by atoms with Gasteiger partial charge in [0.2, 0.25) is 0 Å². The zero-order valence-electron chi connectivity index (χ0n) is 6.82. The Hall–Kier alpha value is -1.14. The van der Waals surface area contributed by atoms with Crippen LogP contribution in [0.5, 0.6) is 0 Å². The lowest BCUT2D eigenvalue weighted by atomic mass is 10.2. The Morgan fingerprint density at radius 1 is 1.57 bits per heavy atom. The number of carbonyl (C=O) groups is 1. The number of rotatable bonds is 1. The number of aromatic nitrogens is 1. The van der Waals surface area contributed by atoms with Crippen LogP contribution in [-0.2, 0) is 0 Å². The monoisotopic (exact) mass is 272 g/mol. The minimum absolute atomic E-state index is 0.0929. The molecule has 0 atom stereocenters. The summed E-state index contributed by atoms with van der Waals surface area (Å²) in [4.78, 5) is 14.9. The van der Waals surface area contributed by atoms with E-state index in [1.807, 2.05) is 0 Å². The van der Waals surface area contributed by atoms with Gasteiger partial charge in [-0.25, -0.2) is 9.78 Å². The Kier molecular flexibility index (Phi) is 2.16. The minimum Gasteiger partial charge on any atom is -0.478 e. The molecule has 0 aliphatic rings. The molecular weight excluding hydrogens is 268 g/mol. The van der Waals surface area contributed by atoms with E-state index >= 15 is 0 Å². The maximum atomic E-state index is 10.8. The summed E-state index contributed by atoms with van der Waals surface area (Å²) in [7, 11) is 0. The van der Waals surface area contributed by atoms with Gasteiger partial charge in [-0.3, -0.25) is 0 Å². The summed E-state index contributed by atoms with van der Waals surface area (Å²) in [5.74, 6) is -1.03. The number of carboxylic acids is 1. The largest absolute Gasteiger partial charge is 0.478 e. The predicted octanol–water partition coefficient (Wildman–Crippen LogP) is 2.34. The molecule has 14 heavy (non-hydrogen) atoms. The molecular formula is C8H5BrN2O2S. The molecule has 2 rings (SSSR count). The van der Waals surface area contributed by atoms with Gasteiger partial charge in [-0.05, 0) is 28.1 Å². The van der Waals surface area contributed by atoms with E-state index in [0.29, 0.717) is 5.52 Å². The van der Waals surface area contributed by atoms with Crippen molar-refractivity contribution in [2.45, 2.75) is 0 Å². The summed E-state index contributed by atoms with van der Waals surface area (Å²) >= 11 is 4.65. The minimum atomic E-state index is -1.03. The number of anilines is 1. The molecule has 0 saturated heterocycles. The third-order valence-electron chi connectivity index (χ3n) is 1.76. The normalized spacial score (nSPS) is 10.6. The van der Waals surface area contributed by atoms with Crippen molar-refractivity contribution < 1.29 is 9.90 Å². The number of aromatic carboxylic acids is 1. The van der Waals surface area contributed by atoms with Crippen LogP contribution in [0.4, 0.5) is 5.69 Å². The summed E-state index contributed by atoms with van der Waals surface area (Å²) in [5.41, 5.74) is 6.58. The first-order chi connectivity index (χ1) is 6.58. The van der Waals surface area contributed by atoms with Crippen molar-refractivity contribution >= 4 is 49.1 Å². The summed E-state index contributed by atoms with van der Waals surface area (Å²) in [5, 5.41) is 8.82. The molecule has 3 N–H and O–H groups in total. The summed E-state index contributed by atoms with van der Waals surface area (Å²) in [6.45, 7) is 0. The Balaban J connectivity index is 2.76. The number of hydrogen-bond donors (Lipinski definition) is 2. The zero-order chi connectivity index (χ0) is 10.3. The van der Waals surface area contributed by atoms with Gasteiger partial charge in [0.25, 0.3) is 0 Å². The third kappa shape index (κ3) is 1.46. The van der Waals surface area contributed by atoms with Crippen molar-refractivity contribution in [1.82, 2.24) is 4.98 Å². The predicted molar refractivity (Wildman–Crippen MR) is 58.7 cm³/mol. The van der Waals surface area contributed by atoms with Crippen LogP contribution in [0, 0.1) is 0 Å². The van der Waals surface area contributed by atoms with Crippen LogP contribution < -0.4 is 5.73 Å². The lowest BCUT2D eigenvalue weighted by molar-refractivity contribution is 0.0698. The van der Waals surface area contributed by atoms with Gasteiger partial charge in [0.1, 0.15) is 0 Å². The summed E-state index contributed by atoms with van der Waals surface area (Å²) in [6, 6.07) is 3.11. The lowest BCUT2D eigenvalue weighted by Gasteiger charge is -1.98. The van der Waals surface area contributed by atoms with Crippen molar-refractivity contribution in [3.63, 3.8) is 0 Å². The molecule has 1 aromatic carbocycles. The van der Waals surface area contributed by atoms with Gasteiger partial charge in [0, 0.05) is 5.69 Å². The molecule has 72 valence electrons. The quantitative estimate of drug-likeness (QED) is 0.782. The fraction of sp³-hybridized carbons (Fsp3) is 0. The van der Waals surface area contributed by atoms with Gasteiger partial charge in [0.05, 0.1) is 15.8 Å². The second kappa shape index (κ2) is 3.21. The first-order valence-electron chi connectivity index (χ1n) is 3.67. The van der Waals surface area contributed by atoms with Gasteiger partial charge in [-0.15, -0.1) is 11.3 Å². The van der Waals surface area contributed by atoms with Crippen LogP contribution in [0.15, 0.2) is 16.0 Å². The first-order valence-corrected chi connectivity index (χ1v) is 5.28. The van der Waals surface area contributed by atoms with Gasteiger partial charge in [-0.1, -0.05) is 0 Å². The molecule has 0 bridgehead atoms. The third-order valence-corrected chi connectivity index (χ3v) is 3.23. The highest BCUT2D eigenvalue weighted by atomic mass is 79.9. The van der Waals surface area contributed by atoms with E-state index in [9.17, 15) is 4.79 Å². The van der Waals surface area contributed by atoms with Crippen LogP contribution in [0.2, 0.25) is 0 Å². The van der Waals surface area contributed by atoms with Crippen LogP contribution in [-0.4, -0.2) is 16.1 Å². The van der Waals surface area contributed by atoms with E-state index in [1.165, 1.54) is 17.4 Å². The van der Waals surface area contributed by atoms with Crippen LogP contribution in [0.25, 0.3) is 10.2 Å². The molecule has 0 fully saturated rings. The average molecular weight is 273 g/mol. The lowest BCUT2D eigenvalue weighted by Crippen LogP contribution is -2.01.